The van der Waals surface area contributed by atoms with Crippen molar-refractivity contribution in [3.05, 3.63) is 36.2 Å². The van der Waals surface area contributed by atoms with Gasteiger partial charge in [-0.15, -0.1) is 10.2 Å². The summed E-state index contributed by atoms with van der Waals surface area (Å²) in [7, 11) is 5.34. The van der Waals surface area contributed by atoms with Crippen LogP contribution in [0.25, 0.3) is 0 Å². The number of carbonyl (C=O) groups is 1. The highest BCUT2D eigenvalue weighted by atomic mass is 32.2. The molecule has 1 heterocycles. The fraction of sp³-hybridized carbons (Fsp3) is 0.357. The molecule has 2 aromatic rings. The molecule has 2 rings (SSSR count). The first kappa shape index (κ1) is 15.4. The zero-order chi connectivity index (χ0) is 15.2. The topological polar surface area (TPSA) is 60.3 Å². The molecule has 0 aliphatic carbocycles. The predicted octanol–water partition coefficient (Wildman–Crippen LogP) is 1.57. The third kappa shape index (κ3) is 4.22. The highest BCUT2D eigenvalue weighted by molar-refractivity contribution is 7.99. The summed E-state index contributed by atoms with van der Waals surface area (Å²) in [6.07, 6.45) is 0. The standard InChI is InChI=1S/C14H18N4O2S/c1-17(2)13(19)10-21-14-16-15-12(18(14)3)9-20-11-7-5-4-6-8-11/h4-8H,9-10H2,1-3H3. The van der Waals surface area contributed by atoms with Crippen LogP contribution >= 0.6 is 11.8 Å². The number of nitrogens with zero attached hydrogens (tertiary/aromatic N) is 4. The molecule has 0 spiro atoms. The van der Waals surface area contributed by atoms with Gasteiger partial charge in [0.15, 0.2) is 11.0 Å². The minimum Gasteiger partial charge on any atom is -0.486 e. The summed E-state index contributed by atoms with van der Waals surface area (Å²) in [6, 6.07) is 9.55. The quantitative estimate of drug-likeness (QED) is 0.758. The van der Waals surface area contributed by atoms with Crippen molar-refractivity contribution in [1.82, 2.24) is 19.7 Å². The molecule has 7 heteroatoms. The Kier molecular flexibility index (Phi) is 5.21. The fourth-order valence-corrected chi connectivity index (χ4v) is 2.42. The third-order valence-corrected chi connectivity index (χ3v) is 3.86. The minimum absolute atomic E-state index is 0.0464. The molecule has 0 fully saturated rings. The lowest BCUT2D eigenvalue weighted by atomic mass is 10.3. The normalized spacial score (nSPS) is 10.4. The van der Waals surface area contributed by atoms with E-state index in [4.69, 9.17) is 4.74 Å². The van der Waals surface area contributed by atoms with Gasteiger partial charge in [0.05, 0.1) is 5.75 Å². The van der Waals surface area contributed by atoms with E-state index in [1.54, 1.807) is 19.0 Å². The predicted molar refractivity (Wildman–Crippen MR) is 81.2 cm³/mol. The summed E-state index contributed by atoms with van der Waals surface area (Å²) < 4.78 is 7.49. The van der Waals surface area contributed by atoms with E-state index in [0.29, 0.717) is 17.5 Å². The van der Waals surface area contributed by atoms with Gasteiger partial charge >= 0.3 is 0 Å². The largest absolute Gasteiger partial charge is 0.486 e. The van der Waals surface area contributed by atoms with Crippen LogP contribution in [0.15, 0.2) is 35.5 Å². The van der Waals surface area contributed by atoms with E-state index in [0.717, 1.165) is 11.6 Å². The van der Waals surface area contributed by atoms with Crippen molar-refractivity contribution in [2.24, 2.45) is 7.05 Å². The van der Waals surface area contributed by atoms with Gasteiger partial charge in [0.25, 0.3) is 0 Å². The van der Waals surface area contributed by atoms with Crippen molar-refractivity contribution in [1.29, 1.82) is 0 Å². The van der Waals surface area contributed by atoms with E-state index in [1.807, 2.05) is 41.9 Å². The molecule has 0 unspecified atom stereocenters. The average Bonchev–Trinajstić information content (AvgIpc) is 2.84. The number of rotatable bonds is 6. The summed E-state index contributed by atoms with van der Waals surface area (Å²) >= 11 is 1.37. The highest BCUT2D eigenvalue weighted by Gasteiger charge is 2.12. The van der Waals surface area contributed by atoms with E-state index < -0.39 is 0 Å². The number of thioether (sulfide) groups is 1. The van der Waals surface area contributed by atoms with Gasteiger partial charge in [0, 0.05) is 21.1 Å². The summed E-state index contributed by atoms with van der Waals surface area (Å²) in [4.78, 5) is 13.1. The fourth-order valence-electron chi connectivity index (χ4n) is 1.52. The van der Waals surface area contributed by atoms with E-state index >= 15 is 0 Å². The summed E-state index contributed by atoms with van der Waals surface area (Å²) in [6.45, 7) is 0.343. The number of ether oxygens (including phenoxy) is 1. The number of benzene rings is 1. The maximum Gasteiger partial charge on any atom is 0.232 e. The van der Waals surface area contributed by atoms with Crippen molar-refractivity contribution in [2.75, 3.05) is 19.8 Å². The second-order valence-electron chi connectivity index (χ2n) is 4.64. The van der Waals surface area contributed by atoms with Crippen LogP contribution in [-0.4, -0.2) is 45.4 Å². The van der Waals surface area contributed by atoms with E-state index in [-0.39, 0.29) is 5.91 Å². The van der Waals surface area contributed by atoms with Gasteiger partial charge in [0.1, 0.15) is 12.4 Å². The van der Waals surface area contributed by atoms with Crippen molar-refractivity contribution in [3.63, 3.8) is 0 Å². The molecule has 0 atom stereocenters. The van der Waals surface area contributed by atoms with E-state index in [2.05, 4.69) is 10.2 Å². The van der Waals surface area contributed by atoms with Crippen molar-refractivity contribution in [2.45, 2.75) is 11.8 Å². The first-order chi connectivity index (χ1) is 10.1. The highest BCUT2D eigenvalue weighted by Crippen LogP contribution is 2.17. The van der Waals surface area contributed by atoms with Crippen LogP contribution in [0.2, 0.25) is 0 Å². The average molecular weight is 306 g/mol. The molecule has 112 valence electrons. The van der Waals surface area contributed by atoms with Crippen LogP contribution in [0, 0.1) is 0 Å². The smallest absolute Gasteiger partial charge is 0.232 e. The molecule has 21 heavy (non-hydrogen) atoms. The Balaban J connectivity index is 1.92. The van der Waals surface area contributed by atoms with Gasteiger partial charge in [-0.1, -0.05) is 30.0 Å². The number of hydrogen-bond acceptors (Lipinski definition) is 5. The van der Waals surface area contributed by atoms with Gasteiger partial charge in [-0.05, 0) is 12.1 Å². The Labute approximate surface area is 128 Å². The molecule has 1 aromatic heterocycles. The summed E-state index contributed by atoms with van der Waals surface area (Å²) in [5, 5.41) is 8.89. The van der Waals surface area contributed by atoms with E-state index in [9.17, 15) is 4.79 Å². The number of para-hydroxylation sites is 1. The lowest BCUT2D eigenvalue weighted by Gasteiger charge is -2.09. The monoisotopic (exact) mass is 306 g/mol. The Morgan fingerprint density at radius 3 is 2.67 bits per heavy atom. The minimum atomic E-state index is 0.0464. The molecule has 0 bridgehead atoms. The molecule has 0 saturated heterocycles. The third-order valence-electron chi connectivity index (χ3n) is 2.86. The lowest BCUT2D eigenvalue weighted by Crippen LogP contribution is -2.23. The number of carbonyl (C=O) groups excluding carboxylic acids is 1. The molecule has 0 radical (unpaired) electrons. The SMILES string of the molecule is CN(C)C(=O)CSc1nnc(COc2ccccc2)n1C. The van der Waals surface area contributed by atoms with Crippen molar-refractivity contribution < 1.29 is 9.53 Å². The molecule has 0 aliphatic heterocycles. The van der Waals surface area contributed by atoms with E-state index in [1.165, 1.54) is 11.8 Å². The molecule has 0 aliphatic rings. The van der Waals surface area contributed by atoms with Crippen molar-refractivity contribution in [3.8, 4) is 5.75 Å². The Morgan fingerprint density at radius 2 is 2.00 bits per heavy atom. The molecular weight excluding hydrogens is 288 g/mol. The van der Waals surface area contributed by atoms with Gasteiger partial charge in [0.2, 0.25) is 5.91 Å². The summed E-state index contributed by atoms with van der Waals surface area (Å²) in [5.41, 5.74) is 0. The van der Waals surface area contributed by atoms with Gasteiger partial charge < -0.3 is 14.2 Å². The molecule has 0 N–H and O–H groups in total. The zero-order valence-corrected chi connectivity index (χ0v) is 13.1. The van der Waals surface area contributed by atoms with Crippen LogP contribution in [-0.2, 0) is 18.4 Å². The number of amides is 1. The van der Waals surface area contributed by atoms with Crippen LogP contribution in [0.3, 0.4) is 0 Å². The second-order valence-corrected chi connectivity index (χ2v) is 5.58. The molecule has 6 nitrogen and oxygen atoms in total. The Bertz CT molecular complexity index is 598. The first-order valence-corrected chi connectivity index (χ1v) is 7.45. The zero-order valence-electron chi connectivity index (χ0n) is 12.3. The van der Waals surface area contributed by atoms with Crippen LogP contribution in [0.1, 0.15) is 5.82 Å². The first-order valence-electron chi connectivity index (χ1n) is 6.47. The van der Waals surface area contributed by atoms with Crippen LogP contribution < -0.4 is 4.74 Å². The maximum atomic E-state index is 11.6. The van der Waals surface area contributed by atoms with Crippen molar-refractivity contribution >= 4 is 17.7 Å². The van der Waals surface area contributed by atoms with Gasteiger partial charge in [-0.25, -0.2) is 0 Å². The molecular formula is C14H18N4O2S. The molecule has 1 aromatic carbocycles. The van der Waals surface area contributed by atoms with Gasteiger partial charge in [-0.3, -0.25) is 4.79 Å². The van der Waals surface area contributed by atoms with Gasteiger partial charge in [-0.2, -0.15) is 0 Å². The Morgan fingerprint density at radius 1 is 1.29 bits per heavy atom. The number of aromatic nitrogens is 3. The second kappa shape index (κ2) is 7.12. The number of hydrogen-bond donors (Lipinski definition) is 0. The van der Waals surface area contributed by atoms with Crippen LogP contribution in [0.5, 0.6) is 5.75 Å². The molecule has 1 amide bonds. The Hall–Kier alpha value is -2.02. The maximum absolute atomic E-state index is 11.6. The van der Waals surface area contributed by atoms with Crippen LogP contribution in [0.4, 0.5) is 0 Å². The lowest BCUT2D eigenvalue weighted by molar-refractivity contribution is -0.125. The molecule has 0 saturated carbocycles. The summed E-state index contributed by atoms with van der Waals surface area (Å²) in [5.74, 6) is 1.90.